The maximum absolute atomic E-state index is 11.6. The summed E-state index contributed by atoms with van der Waals surface area (Å²) in [4.78, 5) is 22.3. The summed E-state index contributed by atoms with van der Waals surface area (Å²) in [5.74, 6) is -1.20. The van der Waals surface area contributed by atoms with Crippen LogP contribution in [0.1, 0.15) is 5.56 Å². The van der Waals surface area contributed by atoms with Crippen LogP contribution in [0.15, 0.2) is 33.6 Å². The number of rotatable bonds is 4. The largest absolute Gasteiger partial charge is 0.507 e. The van der Waals surface area contributed by atoms with Crippen molar-refractivity contribution in [1.29, 1.82) is 0 Å². The third-order valence-electron chi connectivity index (χ3n) is 2.68. The van der Waals surface area contributed by atoms with E-state index in [4.69, 9.17) is 15.4 Å². The fourth-order valence-corrected chi connectivity index (χ4v) is 1.70. The Morgan fingerprint density at radius 3 is 2.74 bits per heavy atom. The first-order valence-electron chi connectivity index (χ1n) is 5.47. The summed E-state index contributed by atoms with van der Waals surface area (Å²) in [7, 11) is 0. The van der Waals surface area contributed by atoms with E-state index in [9.17, 15) is 14.7 Å². The molecular formula is C12H12N2O5. The highest BCUT2D eigenvalue weighted by atomic mass is 16.5. The van der Waals surface area contributed by atoms with Crippen molar-refractivity contribution in [2.24, 2.45) is 5.73 Å². The van der Waals surface area contributed by atoms with Gasteiger partial charge in [0.05, 0.1) is 11.1 Å². The zero-order chi connectivity index (χ0) is 14.0. The quantitative estimate of drug-likeness (QED) is 0.628. The van der Waals surface area contributed by atoms with Gasteiger partial charge < -0.3 is 20.5 Å². The van der Waals surface area contributed by atoms with Crippen LogP contribution in [0.5, 0.6) is 5.75 Å². The number of nitrogens with two attached hydrogens (primary N) is 1. The third kappa shape index (κ3) is 2.50. The van der Waals surface area contributed by atoms with Gasteiger partial charge in [-0.05, 0) is 12.1 Å². The average molecular weight is 264 g/mol. The minimum absolute atomic E-state index is 0.0737. The molecule has 0 saturated heterocycles. The fourth-order valence-electron chi connectivity index (χ4n) is 1.70. The van der Waals surface area contributed by atoms with Crippen LogP contribution in [0.2, 0.25) is 0 Å². The molecule has 0 aliphatic heterocycles. The monoisotopic (exact) mass is 264 g/mol. The number of aliphatic carboxylic acids is 1. The molecular weight excluding hydrogens is 252 g/mol. The number of para-hydroxylation sites is 1. The molecule has 2 rings (SSSR count). The SMILES string of the molecule is NC(Cc1c(-c2ccccc2O)o[nH]c1=O)C(=O)O. The Balaban J connectivity index is 2.46. The van der Waals surface area contributed by atoms with E-state index in [0.29, 0.717) is 5.56 Å². The van der Waals surface area contributed by atoms with Crippen LogP contribution >= 0.6 is 0 Å². The van der Waals surface area contributed by atoms with Crippen molar-refractivity contribution < 1.29 is 19.5 Å². The van der Waals surface area contributed by atoms with Crippen LogP contribution in [0.3, 0.4) is 0 Å². The number of carbonyl (C=O) groups is 1. The first kappa shape index (κ1) is 12.9. The number of benzene rings is 1. The van der Waals surface area contributed by atoms with Crippen molar-refractivity contribution in [3.63, 3.8) is 0 Å². The number of aromatic nitrogens is 1. The Labute approximate surface area is 107 Å². The van der Waals surface area contributed by atoms with Crippen LogP contribution in [0.4, 0.5) is 0 Å². The lowest BCUT2D eigenvalue weighted by molar-refractivity contribution is -0.138. The lowest BCUT2D eigenvalue weighted by Gasteiger charge is -2.06. The molecule has 7 nitrogen and oxygen atoms in total. The van der Waals surface area contributed by atoms with Crippen LogP contribution in [-0.2, 0) is 11.2 Å². The van der Waals surface area contributed by atoms with Gasteiger partial charge in [-0.15, -0.1) is 0 Å². The Morgan fingerprint density at radius 1 is 1.42 bits per heavy atom. The number of H-pyrrole nitrogens is 1. The standard InChI is InChI=1S/C12H12N2O5/c13-8(12(17)18)5-7-10(19-14-11(7)16)6-3-1-2-4-9(6)15/h1-4,8,15H,5,13H2,(H,14,16)(H,17,18). The highest BCUT2D eigenvalue weighted by Crippen LogP contribution is 2.30. The van der Waals surface area contributed by atoms with E-state index in [2.05, 4.69) is 5.16 Å². The molecule has 0 aliphatic carbocycles. The number of hydrogen-bond donors (Lipinski definition) is 4. The van der Waals surface area contributed by atoms with Gasteiger partial charge in [0.15, 0.2) is 5.76 Å². The number of carboxylic acid groups (broad SMARTS) is 1. The summed E-state index contributed by atoms with van der Waals surface area (Å²) in [6.45, 7) is 0. The van der Waals surface area contributed by atoms with Crippen LogP contribution in [-0.4, -0.2) is 27.4 Å². The van der Waals surface area contributed by atoms with Gasteiger partial charge in [-0.3, -0.25) is 9.59 Å². The molecule has 1 unspecified atom stereocenters. The minimum Gasteiger partial charge on any atom is -0.507 e. The molecule has 1 atom stereocenters. The summed E-state index contributed by atoms with van der Waals surface area (Å²) < 4.78 is 5.00. The van der Waals surface area contributed by atoms with E-state index in [1.54, 1.807) is 18.2 Å². The smallest absolute Gasteiger partial charge is 0.320 e. The summed E-state index contributed by atoms with van der Waals surface area (Å²) >= 11 is 0. The zero-order valence-electron chi connectivity index (χ0n) is 9.79. The molecule has 0 bridgehead atoms. The van der Waals surface area contributed by atoms with Crippen LogP contribution in [0.25, 0.3) is 11.3 Å². The topological polar surface area (TPSA) is 130 Å². The number of carboxylic acids is 1. The predicted molar refractivity (Wildman–Crippen MR) is 65.7 cm³/mol. The van der Waals surface area contributed by atoms with Gasteiger partial charge in [-0.1, -0.05) is 12.1 Å². The summed E-state index contributed by atoms with van der Waals surface area (Å²) in [6, 6.07) is 5.04. The second-order valence-corrected chi connectivity index (χ2v) is 4.01. The van der Waals surface area contributed by atoms with Crippen molar-refractivity contribution >= 4 is 5.97 Å². The normalized spacial score (nSPS) is 12.3. The molecule has 1 heterocycles. The number of aromatic amines is 1. The first-order chi connectivity index (χ1) is 9.00. The second kappa shape index (κ2) is 4.99. The van der Waals surface area contributed by atoms with Gasteiger partial charge >= 0.3 is 5.97 Å². The molecule has 19 heavy (non-hydrogen) atoms. The first-order valence-corrected chi connectivity index (χ1v) is 5.47. The van der Waals surface area contributed by atoms with Gasteiger partial charge in [0.2, 0.25) is 0 Å². The number of aromatic hydroxyl groups is 1. The van der Waals surface area contributed by atoms with Crippen molar-refractivity contribution in [1.82, 2.24) is 5.16 Å². The van der Waals surface area contributed by atoms with Gasteiger partial charge in [0, 0.05) is 6.42 Å². The number of phenolic OH excluding ortho intramolecular Hbond substituents is 1. The van der Waals surface area contributed by atoms with Gasteiger partial charge in [-0.25, -0.2) is 0 Å². The maximum Gasteiger partial charge on any atom is 0.320 e. The summed E-state index contributed by atoms with van der Waals surface area (Å²) in [5.41, 5.74) is 5.24. The molecule has 0 spiro atoms. The molecule has 0 aliphatic rings. The van der Waals surface area contributed by atoms with Gasteiger partial charge in [0.25, 0.3) is 5.56 Å². The van der Waals surface area contributed by atoms with E-state index in [1.807, 2.05) is 0 Å². The van der Waals surface area contributed by atoms with E-state index in [1.165, 1.54) is 6.07 Å². The fraction of sp³-hybridized carbons (Fsp3) is 0.167. The summed E-state index contributed by atoms with van der Waals surface area (Å²) in [5, 5.41) is 20.6. The number of nitrogens with one attached hydrogen (secondary N) is 1. The van der Waals surface area contributed by atoms with Crippen molar-refractivity contribution in [3.8, 4) is 17.1 Å². The maximum atomic E-state index is 11.6. The second-order valence-electron chi connectivity index (χ2n) is 4.01. The highest BCUT2D eigenvalue weighted by Gasteiger charge is 2.22. The van der Waals surface area contributed by atoms with E-state index < -0.39 is 17.6 Å². The molecule has 0 fully saturated rings. The van der Waals surface area contributed by atoms with Crippen molar-refractivity contribution in [3.05, 3.63) is 40.2 Å². The Kier molecular flexibility index (Phi) is 3.39. The van der Waals surface area contributed by atoms with Gasteiger partial charge in [-0.2, -0.15) is 5.16 Å². The molecule has 2 aromatic rings. The van der Waals surface area contributed by atoms with Gasteiger partial charge in [0.1, 0.15) is 11.8 Å². The van der Waals surface area contributed by atoms with Crippen molar-refractivity contribution in [2.45, 2.75) is 12.5 Å². The zero-order valence-corrected chi connectivity index (χ0v) is 9.79. The minimum atomic E-state index is -1.22. The van der Waals surface area contributed by atoms with E-state index in [0.717, 1.165) is 0 Å². The molecule has 7 heteroatoms. The van der Waals surface area contributed by atoms with Crippen LogP contribution in [0, 0.1) is 0 Å². The van der Waals surface area contributed by atoms with Crippen LogP contribution < -0.4 is 11.3 Å². The molecule has 1 aromatic heterocycles. The lowest BCUT2D eigenvalue weighted by Crippen LogP contribution is -2.33. The lowest BCUT2D eigenvalue weighted by atomic mass is 10.0. The molecule has 0 saturated carbocycles. The third-order valence-corrected chi connectivity index (χ3v) is 2.68. The Hall–Kier alpha value is -2.54. The molecule has 0 radical (unpaired) electrons. The molecule has 1 aromatic carbocycles. The Morgan fingerprint density at radius 2 is 2.11 bits per heavy atom. The number of phenols is 1. The summed E-state index contributed by atoms with van der Waals surface area (Å²) in [6.07, 6.45) is -0.190. The Bertz CT molecular complexity index is 658. The highest BCUT2D eigenvalue weighted by molar-refractivity contribution is 5.75. The van der Waals surface area contributed by atoms with E-state index in [-0.39, 0.29) is 23.5 Å². The molecule has 0 amide bonds. The van der Waals surface area contributed by atoms with E-state index >= 15 is 0 Å². The average Bonchev–Trinajstić information content (AvgIpc) is 2.72. The molecule has 100 valence electrons. The van der Waals surface area contributed by atoms with Crippen molar-refractivity contribution in [2.75, 3.05) is 0 Å². The molecule has 5 N–H and O–H groups in total. The number of hydrogen-bond acceptors (Lipinski definition) is 5. The predicted octanol–water partition coefficient (Wildman–Crippen LogP) is 0.295.